The second-order valence-electron chi connectivity index (χ2n) is 8.26. The van der Waals surface area contributed by atoms with Gasteiger partial charge in [0.2, 0.25) is 11.8 Å². The van der Waals surface area contributed by atoms with Crippen LogP contribution in [0.5, 0.6) is 11.6 Å². The Morgan fingerprint density at radius 2 is 1.86 bits per heavy atom. The Balaban J connectivity index is 1.59. The second-order valence-corrected chi connectivity index (χ2v) is 9.79. The molecule has 178 valence electrons. The number of rotatable bonds is 6. The number of nitrogen functional groups attached to an aromatic ring is 1. The largest absolute Gasteiger partial charge is 0.437 e. The maximum absolute atomic E-state index is 14.8. The first-order valence-electron chi connectivity index (χ1n) is 11.0. The minimum atomic E-state index is -3.87. The van der Waals surface area contributed by atoms with E-state index in [9.17, 15) is 12.8 Å². The van der Waals surface area contributed by atoms with E-state index in [1.165, 1.54) is 17.7 Å². The van der Waals surface area contributed by atoms with Crippen LogP contribution in [0.1, 0.15) is 24.8 Å². The lowest BCUT2D eigenvalue weighted by atomic mass is 9.95. The van der Waals surface area contributed by atoms with E-state index in [0.717, 1.165) is 30.4 Å². The number of allylic oxidation sites excluding steroid dienone is 1. The summed E-state index contributed by atoms with van der Waals surface area (Å²) in [5.74, 6) is 0.116. The van der Waals surface area contributed by atoms with Crippen molar-refractivity contribution in [3.63, 3.8) is 0 Å². The Labute approximate surface area is 201 Å². The number of fused-ring (bicyclic) bond motifs is 1. The monoisotopic (exact) mass is 491 g/mol. The zero-order valence-electron chi connectivity index (χ0n) is 18.8. The molecule has 2 aromatic carbocycles. The molecule has 10 heteroatoms. The Hall–Kier alpha value is -4.05. The molecule has 0 saturated heterocycles. The molecule has 1 aliphatic rings. The Morgan fingerprint density at radius 3 is 2.60 bits per heavy atom. The van der Waals surface area contributed by atoms with E-state index in [0.29, 0.717) is 27.8 Å². The van der Waals surface area contributed by atoms with Gasteiger partial charge in [-0.15, -0.1) is 0 Å². The average molecular weight is 492 g/mol. The molecular formula is C25H22FN5O3S. The van der Waals surface area contributed by atoms with Crippen molar-refractivity contribution in [1.82, 2.24) is 15.0 Å². The number of anilines is 2. The Kier molecular flexibility index (Phi) is 5.81. The van der Waals surface area contributed by atoms with E-state index < -0.39 is 15.8 Å². The smallest absolute Gasteiger partial charge is 0.255 e. The minimum Gasteiger partial charge on any atom is -0.437 e. The number of benzene rings is 2. The van der Waals surface area contributed by atoms with Crippen molar-refractivity contribution in [2.45, 2.75) is 26.2 Å². The summed E-state index contributed by atoms with van der Waals surface area (Å²) in [5.41, 5.74) is 8.31. The first-order chi connectivity index (χ1) is 16.8. The number of nitrogens with two attached hydrogens (primary N) is 1. The summed E-state index contributed by atoms with van der Waals surface area (Å²) >= 11 is 0. The van der Waals surface area contributed by atoms with Crippen LogP contribution < -0.4 is 15.2 Å². The number of hydrogen-bond acceptors (Lipinski definition) is 7. The minimum absolute atomic E-state index is 0.114. The summed E-state index contributed by atoms with van der Waals surface area (Å²) in [6.45, 7) is 1.84. The number of halogens is 1. The molecular weight excluding hydrogens is 469 g/mol. The van der Waals surface area contributed by atoms with Crippen LogP contribution >= 0.6 is 0 Å². The number of aryl methyl sites for hydroxylation is 1. The normalized spacial score (nSPS) is 13.4. The van der Waals surface area contributed by atoms with Gasteiger partial charge in [0, 0.05) is 23.2 Å². The van der Waals surface area contributed by atoms with Gasteiger partial charge >= 0.3 is 0 Å². The molecule has 8 nitrogen and oxygen atoms in total. The van der Waals surface area contributed by atoms with E-state index >= 15 is 0 Å². The number of nitrogens with one attached hydrogen (secondary N) is 1. The Bertz CT molecular complexity index is 1580. The van der Waals surface area contributed by atoms with Crippen LogP contribution in [0.4, 0.5) is 16.0 Å². The van der Waals surface area contributed by atoms with Gasteiger partial charge in [-0.05, 0) is 62.1 Å². The fraction of sp³-hybridized carbons (Fsp3) is 0.160. The molecule has 0 unspecified atom stereocenters. The average Bonchev–Trinajstić information content (AvgIpc) is 2.80. The number of aromatic nitrogens is 3. The maximum atomic E-state index is 14.8. The molecule has 2 aromatic heterocycles. The molecule has 35 heavy (non-hydrogen) atoms. The van der Waals surface area contributed by atoms with Gasteiger partial charge < -0.3 is 10.5 Å². The van der Waals surface area contributed by atoms with Crippen molar-refractivity contribution < 1.29 is 17.5 Å². The van der Waals surface area contributed by atoms with Crippen LogP contribution in [-0.4, -0.2) is 23.4 Å². The van der Waals surface area contributed by atoms with Crippen molar-refractivity contribution in [1.29, 1.82) is 0 Å². The van der Waals surface area contributed by atoms with Crippen molar-refractivity contribution in [2.75, 3.05) is 10.5 Å². The number of sulfonamides is 1. The highest BCUT2D eigenvalue weighted by molar-refractivity contribution is 7.95. The lowest BCUT2D eigenvalue weighted by Gasteiger charge is -2.18. The van der Waals surface area contributed by atoms with Crippen LogP contribution in [-0.2, 0) is 10.0 Å². The predicted molar refractivity (Wildman–Crippen MR) is 133 cm³/mol. The van der Waals surface area contributed by atoms with Gasteiger partial charge in [-0.25, -0.2) is 27.8 Å². The van der Waals surface area contributed by atoms with E-state index in [2.05, 4.69) is 19.7 Å². The van der Waals surface area contributed by atoms with Crippen LogP contribution in [0, 0.1) is 12.7 Å². The van der Waals surface area contributed by atoms with Gasteiger partial charge in [0.1, 0.15) is 11.6 Å². The molecule has 0 aliphatic heterocycles. The molecule has 1 saturated carbocycles. The highest BCUT2D eigenvalue weighted by atomic mass is 32.2. The van der Waals surface area contributed by atoms with Crippen LogP contribution in [0.15, 0.2) is 65.8 Å². The predicted octanol–water partition coefficient (Wildman–Crippen LogP) is 5.32. The van der Waals surface area contributed by atoms with Gasteiger partial charge in [0.25, 0.3) is 10.0 Å². The third kappa shape index (κ3) is 4.65. The third-order valence-electron chi connectivity index (χ3n) is 5.78. The summed E-state index contributed by atoms with van der Waals surface area (Å²) in [4.78, 5) is 12.5. The standard InChI is InChI=1S/C25H22FN5O3S/c1-15-7-8-17-18(9-10-20(26)22(17)31-35(32,33)14-16-4-2-5-16)23(15)34-24-19(6-3-12-28-24)21-11-13-29-25(27)30-21/h3,6-14,31H,2,4-5H2,1H3,(H2,27,29,30). The molecule has 5 rings (SSSR count). The zero-order valence-corrected chi connectivity index (χ0v) is 19.6. The first kappa shape index (κ1) is 22.7. The van der Waals surface area contributed by atoms with Crippen molar-refractivity contribution in [2.24, 2.45) is 0 Å². The van der Waals surface area contributed by atoms with Crippen LogP contribution in [0.25, 0.3) is 22.0 Å². The second kappa shape index (κ2) is 8.95. The number of hydrogen-bond donors (Lipinski definition) is 2. The molecule has 1 fully saturated rings. The lowest BCUT2D eigenvalue weighted by molar-refractivity contribution is 0.466. The number of nitrogens with zero attached hydrogens (tertiary/aromatic N) is 3. The van der Waals surface area contributed by atoms with Gasteiger partial charge in [-0.1, -0.05) is 17.7 Å². The summed E-state index contributed by atoms with van der Waals surface area (Å²) in [7, 11) is -3.87. The number of ether oxygens (including phenoxy) is 1. The summed E-state index contributed by atoms with van der Waals surface area (Å²) in [5, 5.41) is 2.08. The molecule has 2 heterocycles. The highest BCUT2D eigenvalue weighted by Crippen LogP contribution is 2.40. The quantitative estimate of drug-likeness (QED) is 0.374. The molecule has 0 amide bonds. The van der Waals surface area contributed by atoms with E-state index in [1.807, 2.05) is 6.92 Å². The molecule has 0 atom stereocenters. The summed E-state index contributed by atoms with van der Waals surface area (Å²) in [6, 6.07) is 11.4. The SMILES string of the molecule is Cc1ccc2c(NS(=O)(=O)C=C3CCC3)c(F)ccc2c1Oc1ncccc1-c1ccnc(N)n1. The molecule has 0 radical (unpaired) electrons. The van der Waals surface area contributed by atoms with Crippen molar-refractivity contribution in [3.8, 4) is 22.9 Å². The van der Waals surface area contributed by atoms with Crippen LogP contribution in [0.2, 0.25) is 0 Å². The van der Waals surface area contributed by atoms with E-state index in [-0.39, 0.29) is 17.5 Å². The summed E-state index contributed by atoms with van der Waals surface area (Å²) < 4.78 is 48.8. The van der Waals surface area contributed by atoms with E-state index in [1.54, 1.807) is 42.6 Å². The van der Waals surface area contributed by atoms with Crippen LogP contribution in [0.3, 0.4) is 0 Å². The van der Waals surface area contributed by atoms with Crippen molar-refractivity contribution in [3.05, 3.63) is 77.2 Å². The molecule has 0 bridgehead atoms. The van der Waals surface area contributed by atoms with Gasteiger partial charge in [-0.3, -0.25) is 4.72 Å². The van der Waals surface area contributed by atoms with Gasteiger partial charge in [0.15, 0.2) is 0 Å². The molecule has 3 N–H and O–H groups in total. The first-order valence-corrected chi connectivity index (χ1v) is 12.5. The van der Waals surface area contributed by atoms with Crippen molar-refractivity contribution >= 4 is 32.4 Å². The summed E-state index contributed by atoms with van der Waals surface area (Å²) in [6.07, 6.45) is 5.55. The molecule has 1 aliphatic carbocycles. The highest BCUT2D eigenvalue weighted by Gasteiger charge is 2.20. The number of pyridine rings is 1. The van der Waals surface area contributed by atoms with Gasteiger partial charge in [0.05, 0.1) is 22.4 Å². The lowest BCUT2D eigenvalue weighted by Crippen LogP contribution is -2.13. The van der Waals surface area contributed by atoms with Gasteiger partial charge in [-0.2, -0.15) is 0 Å². The molecule has 4 aromatic rings. The third-order valence-corrected chi connectivity index (χ3v) is 6.91. The fourth-order valence-corrected chi connectivity index (χ4v) is 5.10. The Morgan fingerprint density at radius 1 is 1.06 bits per heavy atom. The fourth-order valence-electron chi connectivity index (χ4n) is 3.88. The molecule has 0 spiro atoms. The van der Waals surface area contributed by atoms with E-state index in [4.69, 9.17) is 10.5 Å². The zero-order chi connectivity index (χ0) is 24.6. The maximum Gasteiger partial charge on any atom is 0.255 e. The topological polar surface area (TPSA) is 120 Å².